The van der Waals surface area contributed by atoms with Crippen LogP contribution < -0.4 is 0 Å². The van der Waals surface area contributed by atoms with Crippen molar-refractivity contribution < 1.29 is 15.0 Å². The summed E-state index contributed by atoms with van der Waals surface area (Å²) in [6, 6.07) is 0. The van der Waals surface area contributed by atoms with E-state index < -0.39 is 11.4 Å². The highest BCUT2D eigenvalue weighted by atomic mass is 16.4. The number of aliphatic carboxylic acids is 1. The molecule has 3 nitrogen and oxygen atoms in total. The third-order valence-electron chi connectivity index (χ3n) is 1.79. The summed E-state index contributed by atoms with van der Waals surface area (Å²) >= 11 is 0. The number of rotatable bonds is 3. The van der Waals surface area contributed by atoms with E-state index in [2.05, 4.69) is 0 Å². The zero-order chi connectivity index (χ0) is 9.99. The molecule has 0 aromatic heterocycles. The minimum absolute atomic E-state index is 0.0735. The predicted octanol–water partition coefficient (Wildman–Crippen LogP) is 1.51. The molecule has 12 heavy (non-hydrogen) atoms. The highest BCUT2D eigenvalue weighted by molar-refractivity contribution is 5.74. The number of carboxylic acid groups (broad SMARTS) is 1. The average molecular weight is 174 g/mol. The van der Waals surface area contributed by atoms with Crippen LogP contribution in [0.3, 0.4) is 0 Å². The van der Waals surface area contributed by atoms with E-state index in [4.69, 9.17) is 10.2 Å². The molecule has 3 heteroatoms. The van der Waals surface area contributed by atoms with Crippen LogP contribution in [-0.2, 0) is 4.79 Å². The number of hydrogen-bond acceptors (Lipinski definition) is 2. The van der Waals surface area contributed by atoms with Gasteiger partial charge in [0, 0.05) is 0 Å². The van der Waals surface area contributed by atoms with Crippen LogP contribution in [0.4, 0.5) is 0 Å². The zero-order valence-electron chi connectivity index (χ0n) is 8.22. The number of aliphatic hydroxyl groups is 1. The first-order valence-electron chi connectivity index (χ1n) is 4.05. The monoisotopic (exact) mass is 174 g/mol. The molecule has 0 saturated heterocycles. The Hall–Kier alpha value is -0.570. The highest BCUT2D eigenvalue weighted by Gasteiger charge is 2.36. The van der Waals surface area contributed by atoms with Gasteiger partial charge in [-0.05, 0) is 18.8 Å². The van der Waals surface area contributed by atoms with Crippen molar-refractivity contribution in [2.24, 2.45) is 10.8 Å². The van der Waals surface area contributed by atoms with Crippen LogP contribution in [0, 0.1) is 10.8 Å². The minimum Gasteiger partial charge on any atom is -0.481 e. The summed E-state index contributed by atoms with van der Waals surface area (Å²) in [5, 5.41) is 17.8. The summed E-state index contributed by atoms with van der Waals surface area (Å²) in [7, 11) is 0. The molecule has 0 aliphatic rings. The van der Waals surface area contributed by atoms with Gasteiger partial charge in [-0.1, -0.05) is 20.8 Å². The number of carboxylic acids is 1. The Kier molecular flexibility index (Phi) is 3.27. The smallest absolute Gasteiger partial charge is 0.311 e. The summed E-state index contributed by atoms with van der Waals surface area (Å²) in [5.41, 5.74) is -1.08. The second-order valence-corrected chi connectivity index (χ2v) is 4.76. The number of hydrogen-bond donors (Lipinski definition) is 2. The molecule has 0 aromatic rings. The van der Waals surface area contributed by atoms with E-state index in [1.165, 1.54) is 0 Å². The Morgan fingerprint density at radius 1 is 1.25 bits per heavy atom. The highest BCUT2D eigenvalue weighted by Crippen LogP contribution is 2.33. The molecule has 0 radical (unpaired) electrons. The second kappa shape index (κ2) is 3.44. The van der Waals surface area contributed by atoms with Crippen molar-refractivity contribution in [1.82, 2.24) is 0 Å². The summed E-state index contributed by atoms with van der Waals surface area (Å²) in [5.74, 6) is -0.931. The SMILES string of the molecule is CC(C)(C)CC(C)(CO)C(=O)O. The van der Waals surface area contributed by atoms with E-state index in [9.17, 15) is 4.79 Å². The molecule has 0 rings (SSSR count). The molecular formula is C9H18O3. The van der Waals surface area contributed by atoms with Crippen LogP contribution in [0.25, 0.3) is 0 Å². The van der Waals surface area contributed by atoms with Crippen molar-refractivity contribution in [2.75, 3.05) is 6.61 Å². The Balaban J connectivity index is 4.46. The van der Waals surface area contributed by atoms with Gasteiger partial charge in [0.15, 0.2) is 0 Å². The predicted molar refractivity (Wildman–Crippen MR) is 46.9 cm³/mol. The van der Waals surface area contributed by atoms with Gasteiger partial charge < -0.3 is 10.2 Å². The zero-order valence-corrected chi connectivity index (χ0v) is 8.22. The third-order valence-corrected chi connectivity index (χ3v) is 1.79. The van der Waals surface area contributed by atoms with Gasteiger partial charge in [0.05, 0.1) is 12.0 Å². The summed E-state index contributed by atoms with van der Waals surface area (Å²) in [6.45, 7) is 7.15. The Morgan fingerprint density at radius 3 is 1.75 bits per heavy atom. The minimum atomic E-state index is -1.00. The third kappa shape index (κ3) is 3.22. The lowest BCUT2D eigenvalue weighted by Gasteiger charge is -2.30. The Labute approximate surface area is 73.4 Å². The topological polar surface area (TPSA) is 57.5 Å². The lowest BCUT2D eigenvalue weighted by molar-refractivity contribution is -0.152. The van der Waals surface area contributed by atoms with Crippen LogP contribution >= 0.6 is 0 Å². The molecule has 0 fully saturated rings. The van der Waals surface area contributed by atoms with Gasteiger partial charge in [-0.15, -0.1) is 0 Å². The molecular weight excluding hydrogens is 156 g/mol. The van der Waals surface area contributed by atoms with Crippen LogP contribution in [0.2, 0.25) is 0 Å². The largest absolute Gasteiger partial charge is 0.481 e. The maximum absolute atomic E-state index is 10.8. The van der Waals surface area contributed by atoms with Crippen molar-refractivity contribution in [2.45, 2.75) is 34.1 Å². The molecule has 0 amide bonds. The number of carbonyl (C=O) groups is 1. The fraction of sp³-hybridized carbons (Fsp3) is 0.889. The van der Waals surface area contributed by atoms with E-state index >= 15 is 0 Å². The van der Waals surface area contributed by atoms with Crippen LogP contribution in [0.1, 0.15) is 34.1 Å². The molecule has 0 bridgehead atoms. The molecule has 0 heterocycles. The van der Waals surface area contributed by atoms with Crippen molar-refractivity contribution in [3.63, 3.8) is 0 Å². The van der Waals surface area contributed by atoms with Gasteiger partial charge in [0.1, 0.15) is 0 Å². The molecule has 0 aromatic carbocycles. The van der Waals surface area contributed by atoms with E-state index in [0.29, 0.717) is 6.42 Å². The maximum atomic E-state index is 10.8. The van der Waals surface area contributed by atoms with Gasteiger partial charge in [0.2, 0.25) is 0 Å². The Morgan fingerprint density at radius 2 is 1.67 bits per heavy atom. The summed E-state index contributed by atoms with van der Waals surface area (Å²) in [6.07, 6.45) is 0.478. The molecule has 0 spiro atoms. The quantitative estimate of drug-likeness (QED) is 0.681. The normalized spacial score (nSPS) is 17.1. The van der Waals surface area contributed by atoms with E-state index in [1.54, 1.807) is 6.92 Å². The first-order chi connectivity index (χ1) is 5.21. The second-order valence-electron chi connectivity index (χ2n) is 4.76. The van der Waals surface area contributed by atoms with Crippen molar-refractivity contribution in [3.05, 3.63) is 0 Å². The van der Waals surface area contributed by atoms with E-state index in [-0.39, 0.29) is 12.0 Å². The molecule has 1 atom stereocenters. The average Bonchev–Trinajstić information content (AvgIpc) is 1.83. The van der Waals surface area contributed by atoms with Gasteiger partial charge in [0.25, 0.3) is 0 Å². The van der Waals surface area contributed by atoms with Crippen molar-refractivity contribution in [3.8, 4) is 0 Å². The lowest BCUT2D eigenvalue weighted by Crippen LogP contribution is -2.35. The van der Waals surface area contributed by atoms with Crippen molar-refractivity contribution >= 4 is 5.97 Å². The van der Waals surface area contributed by atoms with E-state index in [0.717, 1.165) is 0 Å². The molecule has 1 unspecified atom stereocenters. The van der Waals surface area contributed by atoms with Gasteiger partial charge in [-0.3, -0.25) is 4.79 Å². The first kappa shape index (κ1) is 11.4. The van der Waals surface area contributed by atoms with Crippen LogP contribution in [-0.4, -0.2) is 22.8 Å². The molecule has 72 valence electrons. The maximum Gasteiger partial charge on any atom is 0.311 e. The standard InChI is InChI=1S/C9H18O3/c1-8(2,3)5-9(4,6-10)7(11)12/h10H,5-6H2,1-4H3,(H,11,12). The van der Waals surface area contributed by atoms with Crippen LogP contribution in [0.15, 0.2) is 0 Å². The number of aliphatic hydroxyl groups excluding tert-OH is 1. The molecule has 0 saturated carbocycles. The molecule has 2 N–H and O–H groups in total. The fourth-order valence-corrected chi connectivity index (χ4v) is 1.37. The lowest BCUT2D eigenvalue weighted by atomic mass is 9.75. The van der Waals surface area contributed by atoms with Gasteiger partial charge in [-0.25, -0.2) is 0 Å². The fourth-order valence-electron chi connectivity index (χ4n) is 1.37. The van der Waals surface area contributed by atoms with E-state index in [1.807, 2.05) is 20.8 Å². The van der Waals surface area contributed by atoms with Gasteiger partial charge >= 0.3 is 5.97 Å². The van der Waals surface area contributed by atoms with Crippen LogP contribution in [0.5, 0.6) is 0 Å². The molecule has 0 aliphatic heterocycles. The summed E-state index contributed by atoms with van der Waals surface area (Å²) in [4.78, 5) is 10.8. The Bertz CT molecular complexity index is 169. The molecule has 0 aliphatic carbocycles. The van der Waals surface area contributed by atoms with Gasteiger partial charge in [-0.2, -0.15) is 0 Å². The first-order valence-corrected chi connectivity index (χ1v) is 4.05. The van der Waals surface area contributed by atoms with Crippen molar-refractivity contribution in [1.29, 1.82) is 0 Å². The summed E-state index contributed by atoms with van der Waals surface area (Å²) < 4.78 is 0.